The van der Waals surface area contributed by atoms with Crippen LogP contribution in [0.1, 0.15) is 23.2 Å². The predicted molar refractivity (Wildman–Crippen MR) is 67.7 cm³/mol. The van der Waals surface area contributed by atoms with Crippen LogP contribution >= 0.6 is 11.6 Å². The van der Waals surface area contributed by atoms with E-state index in [-0.39, 0.29) is 6.61 Å². The van der Waals surface area contributed by atoms with Crippen molar-refractivity contribution in [2.24, 2.45) is 0 Å². The van der Waals surface area contributed by atoms with Gasteiger partial charge >= 0.3 is 5.97 Å². The second kappa shape index (κ2) is 4.96. The lowest BCUT2D eigenvalue weighted by Crippen LogP contribution is -2.39. The topological polar surface area (TPSA) is 104 Å². The first-order valence-corrected chi connectivity index (χ1v) is 7.44. The standard InChI is InChI=1S/C11H11ClFNO5S/c12-9-7(10(16)17)3-6(4-8(9)13)20(18,19)14-11(5-15)1-2-11/h3-4,14-15H,1-2,5H2,(H,16,17). The van der Waals surface area contributed by atoms with Crippen LogP contribution in [0.3, 0.4) is 0 Å². The lowest BCUT2D eigenvalue weighted by molar-refractivity contribution is 0.0696. The molecule has 3 N–H and O–H groups in total. The highest BCUT2D eigenvalue weighted by Crippen LogP contribution is 2.36. The maximum atomic E-state index is 13.5. The fourth-order valence-electron chi connectivity index (χ4n) is 1.66. The number of sulfonamides is 1. The second-order valence-corrected chi connectivity index (χ2v) is 6.68. The third-order valence-electron chi connectivity index (χ3n) is 3.05. The van der Waals surface area contributed by atoms with Crippen molar-refractivity contribution in [3.8, 4) is 0 Å². The molecule has 0 spiro atoms. The SMILES string of the molecule is O=C(O)c1cc(S(=O)(=O)NC2(CO)CC2)cc(F)c1Cl. The van der Waals surface area contributed by atoms with Gasteiger partial charge < -0.3 is 10.2 Å². The molecule has 20 heavy (non-hydrogen) atoms. The van der Waals surface area contributed by atoms with E-state index in [4.69, 9.17) is 21.8 Å². The molecule has 1 aromatic rings. The van der Waals surface area contributed by atoms with Crippen LogP contribution in [0.25, 0.3) is 0 Å². The zero-order chi connectivity index (χ0) is 15.1. The van der Waals surface area contributed by atoms with E-state index in [2.05, 4.69) is 4.72 Å². The van der Waals surface area contributed by atoms with Crippen LogP contribution in [0.5, 0.6) is 0 Å². The zero-order valence-electron chi connectivity index (χ0n) is 10.1. The number of halogens is 2. The van der Waals surface area contributed by atoms with Gasteiger partial charge in [0.2, 0.25) is 10.0 Å². The number of aliphatic hydroxyl groups is 1. The highest BCUT2D eigenvalue weighted by Gasteiger charge is 2.45. The molecule has 1 aliphatic carbocycles. The maximum Gasteiger partial charge on any atom is 0.337 e. The number of hydrogen-bond acceptors (Lipinski definition) is 4. The molecule has 1 fully saturated rings. The van der Waals surface area contributed by atoms with Crippen LogP contribution in [0.15, 0.2) is 17.0 Å². The molecule has 0 heterocycles. The van der Waals surface area contributed by atoms with E-state index in [1.54, 1.807) is 0 Å². The van der Waals surface area contributed by atoms with Crippen molar-refractivity contribution in [1.29, 1.82) is 0 Å². The van der Waals surface area contributed by atoms with Crippen LogP contribution in [0.4, 0.5) is 4.39 Å². The molecule has 110 valence electrons. The van der Waals surface area contributed by atoms with Gasteiger partial charge in [-0.15, -0.1) is 0 Å². The fraction of sp³-hybridized carbons (Fsp3) is 0.364. The average molecular weight is 324 g/mol. The first-order valence-electron chi connectivity index (χ1n) is 5.58. The van der Waals surface area contributed by atoms with E-state index in [9.17, 15) is 17.6 Å². The monoisotopic (exact) mass is 323 g/mol. The smallest absolute Gasteiger partial charge is 0.337 e. The van der Waals surface area contributed by atoms with Crippen LogP contribution in [-0.4, -0.2) is 36.7 Å². The number of carboxylic acid groups (broad SMARTS) is 1. The summed E-state index contributed by atoms with van der Waals surface area (Å²) in [5.41, 5.74) is -1.57. The highest BCUT2D eigenvalue weighted by atomic mass is 35.5. The molecule has 0 amide bonds. The molecule has 2 rings (SSSR count). The van der Waals surface area contributed by atoms with Gasteiger partial charge in [-0.3, -0.25) is 0 Å². The Morgan fingerprint density at radius 1 is 1.45 bits per heavy atom. The van der Waals surface area contributed by atoms with E-state index < -0.39 is 42.8 Å². The van der Waals surface area contributed by atoms with Crippen LogP contribution in [0.2, 0.25) is 5.02 Å². The minimum atomic E-state index is -4.13. The van der Waals surface area contributed by atoms with Gasteiger partial charge in [0.05, 0.1) is 27.6 Å². The van der Waals surface area contributed by atoms with Gasteiger partial charge in [-0.1, -0.05) is 11.6 Å². The van der Waals surface area contributed by atoms with Crippen molar-refractivity contribution >= 4 is 27.6 Å². The Morgan fingerprint density at radius 2 is 2.05 bits per heavy atom. The third-order valence-corrected chi connectivity index (χ3v) is 4.99. The van der Waals surface area contributed by atoms with E-state index in [0.29, 0.717) is 18.9 Å². The van der Waals surface area contributed by atoms with Gasteiger partial charge in [0.25, 0.3) is 0 Å². The lowest BCUT2D eigenvalue weighted by Gasteiger charge is -2.15. The summed E-state index contributed by atoms with van der Waals surface area (Å²) in [4.78, 5) is 10.4. The number of nitrogens with one attached hydrogen (secondary N) is 1. The Labute approximate surface area is 119 Å². The maximum absolute atomic E-state index is 13.5. The fourth-order valence-corrected chi connectivity index (χ4v) is 3.34. The molecule has 9 heteroatoms. The molecule has 0 bridgehead atoms. The summed E-state index contributed by atoms with van der Waals surface area (Å²) in [7, 11) is -4.13. The van der Waals surface area contributed by atoms with Gasteiger partial charge in [-0.25, -0.2) is 22.3 Å². The van der Waals surface area contributed by atoms with E-state index in [0.717, 1.165) is 6.07 Å². The summed E-state index contributed by atoms with van der Waals surface area (Å²) in [6.45, 7) is -0.381. The Kier molecular flexibility index (Phi) is 3.76. The van der Waals surface area contributed by atoms with Gasteiger partial charge in [0, 0.05) is 0 Å². The predicted octanol–water partition coefficient (Wildman–Crippen LogP) is 0.980. The average Bonchev–Trinajstić information content (AvgIpc) is 3.11. The highest BCUT2D eigenvalue weighted by molar-refractivity contribution is 7.89. The molecule has 0 radical (unpaired) electrons. The Hall–Kier alpha value is -1.22. The van der Waals surface area contributed by atoms with Crippen molar-refractivity contribution in [2.75, 3.05) is 6.61 Å². The Morgan fingerprint density at radius 3 is 2.50 bits per heavy atom. The van der Waals surface area contributed by atoms with Crippen molar-refractivity contribution in [3.63, 3.8) is 0 Å². The summed E-state index contributed by atoms with van der Waals surface area (Å²) >= 11 is 5.47. The molecule has 1 aliphatic rings. The number of hydrogen-bond donors (Lipinski definition) is 3. The van der Waals surface area contributed by atoms with E-state index in [1.165, 1.54) is 0 Å². The van der Waals surface area contributed by atoms with E-state index >= 15 is 0 Å². The first-order chi connectivity index (χ1) is 9.21. The molecular weight excluding hydrogens is 313 g/mol. The number of carboxylic acids is 1. The van der Waals surface area contributed by atoms with Crippen molar-refractivity contribution in [3.05, 3.63) is 28.5 Å². The van der Waals surface area contributed by atoms with Gasteiger partial charge in [0.15, 0.2) is 0 Å². The minimum Gasteiger partial charge on any atom is -0.478 e. The largest absolute Gasteiger partial charge is 0.478 e. The first kappa shape index (κ1) is 15.2. The minimum absolute atomic E-state index is 0.381. The second-order valence-electron chi connectivity index (χ2n) is 4.62. The normalized spacial score (nSPS) is 16.9. The number of carbonyl (C=O) groups is 1. The molecular formula is C11H11ClFNO5S. The Bertz CT molecular complexity index is 672. The molecule has 1 saturated carbocycles. The Balaban J connectivity index is 2.44. The molecule has 0 saturated heterocycles. The summed E-state index contributed by atoms with van der Waals surface area (Å²) < 4.78 is 39.9. The summed E-state index contributed by atoms with van der Waals surface area (Å²) in [6, 6.07) is 1.42. The molecule has 0 aromatic heterocycles. The number of aromatic carboxylic acids is 1. The quantitative estimate of drug-likeness (QED) is 0.749. The van der Waals surface area contributed by atoms with Gasteiger partial charge in [0.1, 0.15) is 5.82 Å². The summed E-state index contributed by atoms with van der Waals surface area (Å²) in [6.07, 6.45) is 0.926. The molecule has 0 atom stereocenters. The number of rotatable bonds is 5. The molecule has 6 nitrogen and oxygen atoms in total. The molecule has 0 aliphatic heterocycles. The number of benzene rings is 1. The summed E-state index contributed by atoms with van der Waals surface area (Å²) in [5, 5.41) is 17.3. The van der Waals surface area contributed by atoms with Crippen molar-refractivity contribution in [1.82, 2.24) is 4.72 Å². The van der Waals surface area contributed by atoms with Gasteiger partial charge in [-0.2, -0.15) is 0 Å². The van der Waals surface area contributed by atoms with Crippen LogP contribution < -0.4 is 4.72 Å². The molecule has 0 unspecified atom stereocenters. The van der Waals surface area contributed by atoms with E-state index in [1.807, 2.05) is 0 Å². The third kappa shape index (κ3) is 2.78. The van der Waals surface area contributed by atoms with Crippen LogP contribution in [-0.2, 0) is 10.0 Å². The van der Waals surface area contributed by atoms with Crippen molar-refractivity contribution in [2.45, 2.75) is 23.3 Å². The van der Waals surface area contributed by atoms with Crippen molar-refractivity contribution < 1.29 is 27.8 Å². The van der Waals surface area contributed by atoms with Crippen LogP contribution in [0, 0.1) is 5.82 Å². The van der Waals surface area contributed by atoms with Gasteiger partial charge in [-0.05, 0) is 25.0 Å². The zero-order valence-corrected chi connectivity index (χ0v) is 11.6. The summed E-state index contributed by atoms with van der Waals surface area (Å²) in [5.74, 6) is -2.67. The lowest BCUT2D eigenvalue weighted by atomic mass is 10.2. The number of aliphatic hydroxyl groups excluding tert-OH is 1. The molecule has 1 aromatic carbocycles.